The summed E-state index contributed by atoms with van der Waals surface area (Å²) in [5.41, 5.74) is 0.688. The molecule has 0 fully saturated rings. The Bertz CT molecular complexity index is 512. The minimum Gasteiger partial charge on any atom is -0.335 e. The van der Waals surface area contributed by atoms with Gasteiger partial charge in [0.15, 0.2) is 5.78 Å². The first kappa shape index (κ1) is 10.4. The van der Waals surface area contributed by atoms with E-state index in [0.717, 1.165) is 5.82 Å². The molecule has 0 radical (unpaired) electrons. The molecule has 0 amide bonds. The summed E-state index contributed by atoms with van der Waals surface area (Å²) in [5, 5.41) is 0. The van der Waals surface area contributed by atoms with Gasteiger partial charge in [-0.1, -0.05) is 30.3 Å². The smallest absolute Gasteiger partial charge is 0.185 e. The Morgan fingerprint density at radius 1 is 1.31 bits per heavy atom. The summed E-state index contributed by atoms with van der Waals surface area (Å²) in [4.78, 5) is 15.8. The molecule has 2 rings (SSSR count). The maximum absolute atomic E-state index is 11.7. The summed E-state index contributed by atoms with van der Waals surface area (Å²) < 4.78 is 1.86. The van der Waals surface area contributed by atoms with Gasteiger partial charge in [0.05, 0.1) is 0 Å². The zero-order chi connectivity index (χ0) is 11.4. The first-order valence-electron chi connectivity index (χ1n) is 5.02. The van der Waals surface area contributed by atoms with Crippen LogP contribution in [0.1, 0.15) is 16.2 Å². The van der Waals surface area contributed by atoms with Crippen LogP contribution >= 0.6 is 0 Å². The molecule has 1 aromatic heterocycles. The van der Waals surface area contributed by atoms with Crippen molar-refractivity contribution in [3.8, 4) is 0 Å². The number of aryl methyl sites for hydroxylation is 1. The number of benzene rings is 1. The van der Waals surface area contributed by atoms with Crippen molar-refractivity contribution in [1.29, 1.82) is 0 Å². The van der Waals surface area contributed by atoms with Gasteiger partial charge < -0.3 is 4.57 Å². The van der Waals surface area contributed by atoms with Gasteiger partial charge in [0.1, 0.15) is 5.82 Å². The van der Waals surface area contributed by atoms with E-state index in [9.17, 15) is 4.79 Å². The van der Waals surface area contributed by atoms with Crippen molar-refractivity contribution in [3.05, 3.63) is 60.2 Å². The van der Waals surface area contributed by atoms with Crippen molar-refractivity contribution in [1.82, 2.24) is 9.55 Å². The van der Waals surface area contributed by atoms with Crippen LogP contribution in [-0.4, -0.2) is 15.3 Å². The van der Waals surface area contributed by atoms with Gasteiger partial charge in [-0.25, -0.2) is 4.98 Å². The molecule has 3 heteroatoms. The van der Waals surface area contributed by atoms with Crippen LogP contribution in [0, 0.1) is 0 Å². The number of carbonyl (C=O) groups is 1. The Balaban J connectivity index is 2.15. The first-order valence-corrected chi connectivity index (χ1v) is 5.02. The number of ketones is 1. The summed E-state index contributed by atoms with van der Waals surface area (Å²) >= 11 is 0. The maximum atomic E-state index is 11.7. The second kappa shape index (κ2) is 4.57. The van der Waals surface area contributed by atoms with Gasteiger partial charge in [0, 0.05) is 25.0 Å². The monoisotopic (exact) mass is 212 g/mol. The topological polar surface area (TPSA) is 34.9 Å². The van der Waals surface area contributed by atoms with E-state index in [4.69, 9.17) is 0 Å². The second-order valence-electron chi connectivity index (χ2n) is 3.46. The summed E-state index contributed by atoms with van der Waals surface area (Å²) in [5.74, 6) is 0.757. The molecule has 0 atom stereocenters. The molecule has 0 saturated carbocycles. The molecule has 80 valence electrons. The molecule has 0 aliphatic carbocycles. The number of aromatic nitrogens is 2. The van der Waals surface area contributed by atoms with Crippen LogP contribution in [-0.2, 0) is 7.05 Å². The Kier molecular flexibility index (Phi) is 2.96. The SMILES string of the molecule is Cn1ccnc1/C=C/C(=O)c1ccccc1. The Morgan fingerprint density at radius 2 is 2.06 bits per heavy atom. The van der Waals surface area contributed by atoms with Gasteiger partial charge in [-0.3, -0.25) is 4.79 Å². The molecule has 0 saturated heterocycles. The van der Waals surface area contributed by atoms with Crippen molar-refractivity contribution in [2.45, 2.75) is 0 Å². The van der Waals surface area contributed by atoms with Crippen molar-refractivity contribution in [3.63, 3.8) is 0 Å². The molecule has 0 aliphatic heterocycles. The number of hydrogen-bond donors (Lipinski definition) is 0. The van der Waals surface area contributed by atoms with Gasteiger partial charge in [0.2, 0.25) is 0 Å². The molecule has 2 aromatic rings. The summed E-state index contributed by atoms with van der Waals surface area (Å²) in [6.45, 7) is 0. The highest BCUT2D eigenvalue weighted by molar-refractivity contribution is 6.06. The van der Waals surface area contributed by atoms with E-state index in [1.54, 1.807) is 24.4 Å². The predicted molar refractivity (Wildman–Crippen MR) is 63.0 cm³/mol. The van der Waals surface area contributed by atoms with Gasteiger partial charge in [-0.15, -0.1) is 0 Å². The Labute approximate surface area is 94.1 Å². The molecule has 0 N–H and O–H groups in total. The molecule has 0 aliphatic rings. The molecule has 3 nitrogen and oxygen atoms in total. The molecule has 0 spiro atoms. The van der Waals surface area contributed by atoms with E-state index >= 15 is 0 Å². The Hall–Kier alpha value is -2.16. The van der Waals surface area contributed by atoms with Crippen molar-refractivity contribution in [2.24, 2.45) is 7.05 Å². The van der Waals surface area contributed by atoms with Crippen LogP contribution in [0.4, 0.5) is 0 Å². The molecular formula is C13H12N2O. The van der Waals surface area contributed by atoms with Gasteiger partial charge in [0.25, 0.3) is 0 Å². The summed E-state index contributed by atoms with van der Waals surface area (Å²) in [7, 11) is 1.89. The summed E-state index contributed by atoms with van der Waals surface area (Å²) in [6.07, 6.45) is 6.80. The number of imidazole rings is 1. The third kappa shape index (κ3) is 2.25. The molecule has 16 heavy (non-hydrogen) atoms. The van der Waals surface area contributed by atoms with Crippen LogP contribution in [0.5, 0.6) is 0 Å². The average Bonchev–Trinajstić information content (AvgIpc) is 2.73. The van der Waals surface area contributed by atoms with E-state index in [1.165, 1.54) is 6.08 Å². The van der Waals surface area contributed by atoms with Gasteiger partial charge >= 0.3 is 0 Å². The first-order chi connectivity index (χ1) is 7.77. The Morgan fingerprint density at radius 3 is 2.69 bits per heavy atom. The lowest BCUT2D eigenvalue weighted by molar-refractivity contribution is 0.104. The van der Waals surface area contributed by atoms with E-state index in [-0.39, 0.29) is 5.78 Å². The average molecular weight is 212 g/mol. The predicted octanol–water partition coefficient (Wildman–Crippen LogP) is 2.32. The van der Waals surface area contributed by atoms with Crippen LogP contribution in [0.25, 0.3) is 6.08 Å². The van der Waals surface area contributed by atoms with Crippen molar-refractivity contribution < 1.29 is 4.79 Å². The van der Waals surface area contributed by atoms with Crippen LogP contribution in [0.15, 0.2) is 48.8 Å². The molecule has 1 heterocycles. The lowest BCUT2D eigenvalue weighted by atomic mass is 10.1. The molecular weight excluding hydrogens is 200 g/mol. The quantitative estimate of drug-likeness (QED) is 0.578. The van der Waals surface area contributed by atoms with E-state index in [2.05, 4.69) is 4.98 Å². The van der Waals surface area contributed by atoms with E-state index in [1.807, 2.05) is 36.0 Å². The fourth-order valence-electron chi connectivity index (χ4n) is 1.39. The van der Waals surface area contributed by atoms with Gasteiger partial charge in [-0.05, 0) is 12.2 Å². The summed E-state index contributed by atoms with van der Waals surface area (Å²) in [6, 6.07) is 9.18. The lowest BCUT2D eigenvalue weighted by Gasteiger charge is -1.95. The highest BCUT2D eigenvalue weighted by Gasteiger charge is 2.00. The standard InChI is InChI=1S/C13H12N2O/c1-15-10-9-14-13(15)8-7-12(16)11-5-3-2-4-6-11/h2-10H,1H3/b8-7+. The van der Waals surface area contributed by atoms with Crippen LogP contribution < -0.4 is 0 Å². The molecule has 0 unspecified atom stereocenters. The number of nitrogens with zero attached hydrogens (tertiary/aromatic N) is 2. The minimum atomic E-state index is -0.0106. The highest BCUT2D eigenvalue weighted by Crippen LogP contribution is 2.03. The second-order valence-corrected chi connectivity index (χ2v) is 3.46. The third-order valence-corrected chi connectivity index (χ3v) is 2.30. The molecule has 0 bridgehead atoms. The van der Waals surface area contributed by atoms with Crippen molar-refractivity contribution >= 4 is 11.9 Å². The van der Waals surface area contributed by atoms with Gasteiger partial charge in [-0.2, -0.15) is 0 Å². The highest BCUT2D eigenvalue weighted by atomic mass is 16.1. The number of allylic oxidation sites excluding steroid dienone is 1. The van der Waals surface area contributed by atoms with E-state index in [0.29, 0.717) is 5.56 Å². The van der Waals surface area contributed by atoms with Crippen LogP contribution in [0.3, 0.4) is 0 Å². The van der Waals surface area contributed by atoms with Crippen LogP contribution in [0.2, 0.25) is 0 Å². The minimum absolute atomic E-state index is 0.0106. The number of rotatable bonds is 3. The normalized spacial score (nSPS) is 10.8. The third-order valence-electron chi connectivity index (χ3n) is 2.30. The lowest BCUT2D eigenvalue weighted by Crippen LogP contribution is -1.94. The van der Waals surface area contributed by atoms with Crippen molar-refractivity contribution in [2.75, 3.05) is 0 Å². The fraction of sp³-hybridized carbons (Fsp3) is 0.0769. The fourth-order valence-corrected chi connectivity index (χ4v) is 1.39. The largest absolute Gasteiger partial charge is 0.335 e. The maximum Gasteiger partial charge on any atom is 0.185 e. The number of carbonyl (C=O) groups excluding carboxylic acids is 1. The molecule has 1 aromatic carbocycles. The zero-order valence-electron chi connectivity index (χ0n) is 9.00. The zero-order valence-corrected chi connectivity index (χ0v) is 9.00. The van der Waals surface area contributed by atoms with E-state index < -0.39 is 0 Å². The number of hydrogen-bond acceptors (Lipinski definition) is 2.